The second kappa shape index (κ2) is 16.7. The van der Waals surface area contributed by atoms with E-state index in [2.05, 4.69) is 20.8 Å². The number of aliphatic carboxylic acids is 3. The molecule has 0 spiro atoms. The number of hydrogen-bond acceptors (Lipinski definition) is 8. The largest absolute Gasteiger partial charge is 0.490 e. The minimum atomic E-state index is -5.08. The van der Waals surface area contributed by atoms with Gasteiger partial charge in [0.1, 0.15) is 5.76 Å². The van der Waals surface area contributed by atoms with Crippen molar-refractivity contribution < 1.29 is 78.4 Å². The Morgan fingerprint density at radius 3 is 1.67 bits per heavy atom. The molecule has 43 heavy (non-hydrogen) atoms. The van der Waals surface area contributed by atoms with Crippen LogP contribution >= 0.6 is 0 Å². The molecule has 3 aliphatic rings. The van der Waals surface area contributed by atoms with Crippen LogP contribution in [0.25, 0.3) is 0 Å². The van der Waals surface area contributed by atoms with Crippen molar-refractivity contribution in [2.75, 3.05) is 52.4 Å². The van der Waals surface area contributed by atoms with E-state index in [1.807, 2.05) is 6.07 Å². The predicted molar refractivity (Wildman–Crippen MR) is 126 cm³/mol. The lowest BCUT2D eigenvalue weighted by molar-refractivity contribution is -0.193. The Labute approximate surface area is 238 Å². The third kappa shape index (κ3) is 14.8. The number of hydrogen-bond donors (Lipinski definition) is 3. The standard InChI is InChI=1S/C17H27N3O2.3C2HF3O2/c1-2-6-18(5-1)7-8-20-9-11-22-17-14-19(13-16(17)20)12-15-4-3-10-21-15;3*3-2(4,5)1(6)7/h3-4,10,16-17H,1-2,5-9,11-14H2;3*(H,6,7)/t16-,17+;;;/m1.../s1. The SMILES string of the molecule is O=C(O)C(F)(F)F.O=C(O)C(F)(F)F.O=C(O)C(F)(F)F.c1coc(CN2C[C@@H]3OCCN(CCN4CCCC4)[C@@H]3C2)c1. The molecule has 0 aliphatic carbocycles. The molecule has 0 unspecified atom stereocenters. The molecule has 3 fully saturated rings. The molecule has 3 aliphatic heterocycles. The summed E-state index contributed by atoms with van der Waals surface area (Å²) < 4.78 is 107. The van der Waals surface area contributed by atoms with Crippen molar-refractivity contribution in [3.8, 4) is 0 Å². The van der Waals surface area contributed by atoms with Crippen molar-refractivity contribution in [3.05, 3.63) is 24.2 Å². The summed E-state index contributed by atoms with van der Waals surface area (Å²) in [5.74, 6) is -7.21. The number of halogens is 9. The highest BCUT2D eigenvalue weighted by Gasteiger charge is 2.41. The first-order valence-electron chi connectivity index (χ1n) is 12.4. The number of carboxylic acids is 3. The van der Waals surface area contributed by atoms with Crippen molar-refractivity contribution in [2.45, 2.75) is 50.1 Å². The monoisotopic (exact) mass is 647 g/mol. The van der Waals surface area contributed by atoms with Crippen LogP contribution in [-0.4, -0.2) is 131 Å². The van der Waals surface area contributed by atoms with Gasteiger partial charge in [0.15, 0.2) is 0 Å². The summed E-state index contributed by atoms with van der Waals surface area (Å²) in [6.45, 7) is 10.0. The zero-order valence-corrected chi connectivity index (χ0v) is 22.3. The fraction of sp³-hybridized carbons (Fsp3) is 0.696. The van der Waals surface area contributed by atoms with Gasteiger partial charge in [-0.1, -0.05) is 0 Å². The van der Waals surface area contributed by atoms with Crippen LogP contribution in [0.4, 0.5) is 39.5 Å². The maximum absolute atomic E-state index is 10.6. The summed E-state index contributed by atoms with van der Waals surface area (Å²) in [6, 6.07) is 4.59. The number of alkyl halides is 9. The lowest BCUT2D eigenvalue weighted by Gasteiger charge is -2.37. The summed E-state index contributed by atoms with van der Waals surface area (Å²) in [6.07, 6.45) is -10.3. The lowest BCUT2D eigenvalue weighted by atomic mass is 10.1. The first-order chi connectivity index (χ1) is 19.7. The maximum Gasteiger partial charge on any atom is 0.490 e. The third-order valence-electron chi connectivity index (χ3n) is 6.08. The zero-order chi connectivity index (χ0) is 33.0. The molecule has 4 rings (SSSR count). The van der Waals surface area contributed by atoms with Gasteiger partial charge in [0.25, 0.3) is 0 Å². The molecule has 0 saturated carbocycles. The zero-order valence-electron chi connectivity index (χ0n) is 22.3. The number of rotatable bonds is 5. The Balaban J connectivity index is 0.000000363. The van der Waals surface area contributed by atoms with Gasteiger partial charge in [0, 0.05) is 38.8 Å². The Morgan fingerprint density at radius 2 is 1.26 bits per heavy atom. The minimum Gasteiger partial charge on any atom is -0.475 e. The fourth-order valence-corrected chi connectivity index (χ4v) is 4.14. The van der Waals surface area contributed by atoms with E-state index in [-0.39, 0.29) is 0 Å². The number of ether oxygens (including phenoxy) is 1. The highest BCUT2D eigenvalue weighted by atomic mass is 19.4. The number of fused-ring (bicyclic) bond motifs is 1. The van der Waals surface area contributed by atoms with E-state index in [0.717, 1.165) is 38.5 Å². The van der Waals surface area contributed by atoms with Gasteiger partial charge in [-0.25, -0.2) is 14.4 Å². The first kappa shape index (κ1) is 37.9. The second-order valence-corrected chi connectivity index (χ2v) is 9.24. The smallest absolute Gasteiger partial charge is 0.475 e. The van der Waals surface area contributed by atoms with E-state index in [1.165, 1.54) is 39.0 Å². The lowest BCUT2D eigenvalue weighted by Crippen LogP contribution is -2.52. The van der Waals surface area contributed by atoms with Crippen molar-refractivity contribution >= 4 is 17.9 Å². The molecule has 1 aromatic heterocycles. The first-order valence-corrected chi connectivity index (χ1v) is 12.4. The molecular formula is C23H30F9N3O8. The quantitative estimate of drug-likeness (QED) is 0.406. The molecule has 1 aromatic rings. The summed E-state index contributed by atoms with van der Waals surface area (Å²) in [4.78, 5) is 34.4. The van der Waals surface area contributed by atoms with Crippen LogP contribution in [0.15, 0.2) is 22.8 Å². The topological polar surface area (TPSA) is 144 Å². The molecule has 248 valence electrons. The van der Waals surface area contributed by atoms with Crippen LogP contribution < -0.4 is 0 Å². The van der Waals surface area contributed by atoms with Crippen LogP contribution in [0.2, 0.25) is 0 Å². The summed E-state index contributed by atoms with van der Waals surface area (Å²) >= 11 is 0. The van der Waals surface area contributed by atoms with Crippen molar-refractivity contribution in [1.29, 1.82) is 0 Å². The molecule has 0 amide bonds. The van der Waals surface area contributed by atoms with Gasteiger partial charge in [-0.15, -0.1) is 0 Å². The third-order valence-corrected chi connectivity index (χ3v) is 6.08. The normalized spacial score (nSPS) is 21.3. The number of furan rings is 1. The number of morpholine rings is 1. The molecular weight excluding hydrogens is 617 g/mol. The Bertz CT molecular complexity index is 941. The number of carboxylic acid groups (broad SMARTS) is 3. The van der Waals surface area contributed by atoms with Crippen LogP contribution in [0, 0.1) is 0 Å². The van der Waals surface area contributed by atoms with Crippen molar-refractivity contribution in [2.24, 2.45) is 0 Å². The Morgan fingerprint density at radius 1 is 0.767 bits per heavy atom. The van der Waals surface area contributed by atoms with E-state index in [1.54, 1.807) is 6.26 Å². The summed E-state index contributed by atoms with van der Waals surface area (Å²) in [5, 5.41) is 21.4. The van der Waals surface area contributed by atoms with Gasteiger partial charge in [0.2, 0.25) is 0 Å². The Hall–Kier alpha value is -3.10. The van der Waals surface area contributed by atoms with E-state index in [9.17, 15) is 39.5 Å². The van der Waals surface area contributed by atoms with Gasteiger partial charge in [0.05, 0.1) is 25.5 Å². The average molecular weight is 647 g/mol. The van der Waals surface area contributed by atoms with Crippen molar-refractivity contribution in [3.63, 3.8) is 0 Å². The molecule has 11 nitrogen and oxygen atoms in total. The molecule has 3 saturated heterocycles. The minimum absolute atomic E-state index is 0.377. The highest BCUT2D eigenvalue weighted by Crippen LogP contribution is 2.24. The second-order valence-electron chi connectivity index (χ2n) is 9.24. The van der Waals surface area contributed by atoms with Gasteiger partial charge < -0.3 is 29.4 Å². The van der Waals surface area contributed by atoms with Gasteiger partial charge in [-0.3, -0.25) is 9.80 Å². The van der Waals surface area contributed by atoms with Crippen LogP contribution in [0.3, 0.4) is 0 Å². The number of nitrogens with zero attached hydrogens (tertiary/aromatic N) is 3. The van der Waals surface area contributed by atoms with Gasteiger partial charge >= 0.3 is 36.4 Å². The molecule has 3 N–H and O–H groups in total. The van der Waals surface area contributed by atoms with Crippen LogP contribution in [0.5, 0.6) is 0 Å². The van der Waals surface area contributed by atoms with E-state index < -0.39 is 36.4 Å². The van der Waals surface area contributed by atoms with E-state index in [4.69, 9.17) is 38.9 Å². The van der Waals surface area contributed by atoms with Crippen molar-refractivity contribution in [1.82, 2.24) is 14.7 Å². The summed E-state index contributed by atoms with van der Waals surface area (Å²) in [7, 11) is 0. The number of carbonyl (C=O) groups is 3. The average Bonchev–Trinajstić information content (AvgIpc) is 3.65. The van der Waals surface area contributed by atoms with Gasteiger partial charge in [-0.2, -0.15) is 39.5 Å². The maximum atomic E-state index is 10.6. The molecule has 20 heteroatoms. The Kier molecular flexibility index (Phi) is 14.7. The van der Waals surface area contributed by atoms with E-state index in [0.29, 0.717) is 12.1 Å². The van der Waals surface area contributed by atoms with Crippen LogP contribution in [-0.2, 0) is 25.7 Å². The van der Waals surface area contributed by atoms with Gasteiger partial charge in [-0.05, 0) is 38.1 Å². The predicted octanol–water partition coefficient (Wildman–Crippen LogP) is 3.16. The molecule has 2 atom stereocenters. The fourth-order valence-electron chi connectivity index (χ4n) is 4.14. The summed E-state index contributed by atoms with van der Waals surface area (Å²) in [5.41, 5.74) is 0. The molecule has 0 aromatic carbocycles. The molecule has 0 radical (unpaired) electrons. The van der Waals surface area contributed by atoms with E-state index >= 15 is 0 Å². The number of likely N-dealkylation sites (tertiary alicyclic amines) is 2. The highest BCUT2D eigenvalue weighted by molar-refractivity contribution is 5.73. The molecule has 0 bridgehead atoms. The molecule has 4 heterocycles. The van der Waals surface area contributed by atoms with Crippen LogP contribution in [0.1, 0.15) is 18.6 Å².